The SMILES string of the molecule is CCN1CCN(Cc2ccc(CNC(=NC)NCc3sc(C)nc3C)cc2)CC1.I. The Morgan fingerprint density at radius 1 is 1.00 bits per heavy atom. The number of nitrogens with one attached hydrogen (secondary N) is 2. The molecule has 1 aromatic heterocycles. The van der Waals surface area contributed by atoms with Crippen LogP contribution in [0.15, 0.2) is 29.3 Å². The molecule has 2 N–H and O–H groups in total. The van der Waals surface area contributed by atoms with Gasteiger partial charge in [-0.3, -0.25) is 9.89 Å². The summed E-state index contributed by atoms with van der Waals surface area (Å²) in [5.41, 5.74) is 3.75. The van der Waals surface area contributed by atoms with Gasteiger partial charge in [-0.05, 0) is 31.5 Å². The lowest BCUT2D eigenvalue weighted by Crippen LogP contribution is -2.45. The van der Waals surface area contributed by atoms with Gasteiger partial charge in [0, 0.05) is 51.2 Å². The van der Waals surface area contributed by atoms with Gasteiger partial charge in [0.1, 0.15) is 0 Å². The van der Waals surface area contributed by atoms with Crippen LogP contribution < -0.4 is 10.6 Å². The number of thiazole rings is 1. The van der Waals surface area contributed by atoms with E-state index < -0.39 is 0 Å². The Morgan fingerprint density at radius 2 is 1.60 bits per heavy atom. The molecule has 0 spiro atoms. The first-order chi connectivity index (χ1) is 14.1. The van der Waals surface area contributed by atoms with Crippen molar-refractivity contribution in [3.8, 4) is 0 Å². The van der Waals surface area contributed by atoms with Gasteiger partial charge in [0.25, 0.3) is 0 Å². The molecule has 30 heavy (non-hydrogen) atoms. The number of aryl methyl sites for hydroxylation is 2. The quantitative estimate of drug-likeness (QED) is 0.319. The molecule has 1 aromatic carbocycles. The van der Waals surface area contributed by atoms with E-state index in [1.54, 1.807) is 11.3 Å². The molecule has 1 aliphatic rings. The predicted molar refractivity (Wildman–Crippen MR) is 138 cm³/mol. The molecule has 0 saturated carbocycles. The van der Waals surface area contributed by atoms with Crippen molar-refractivity contribution in [3.63, 3.8) is 0 Å². The molecule has 1 fully saturated rings. The number of aromatic nitrogens is 1. The molecule has 3 rings (SSSR count). The Kier molecular flexibility index (Phi) is 10.5. The fourth-order valence-electron chi connectivity index (χ4n) is 3.59. The second kappa shape index (κ2) is 12.6. The fraction of sp³-hybridized carbons (Fsp3) is 0.545. The summed E-state index contributed by atoms with van der Waals surface area (Å²) < 4.78 is 0. The first kappa shape index (κ1) is 25.0. The minimum absolute atomic E-state index is 0. The van der Waals surface area contributed by atoms with Crippen LogP contribution in [0, 0.1) is 13.8 Å². The zero-order valence-electron chi connectivity index (χ0n) is 18.6. The van der Waals surface area contributed by atoms with Gasteiger partial charge in [0.2, 0.25) is 0 Å². The summed E-state index contributed by atoms with van der Waals surface area (Å²) in [5, 5.41) is 7.89. The monoisotopic (exact) mass is 542 g/mol. The van der Waals surface area contributed by atoms with Gasteiger partial charge >= 0.3 is 0 Å². The summed E-state index contributed by atoms with van der Waals surface area (Å²) in [5.74, 6) is 0.813. The normalized spacial score (nSPS) is 15.7. The molecule has 0 bridgehead atoms. The van der Waals surface area contributed by atoms with Gasteiger partial charge in [-0.25, -0.2) is 4.98 Å². The lowest BCUT2D eigenvalue weighted by atomic mass is 10.1. The van der Waals surface area contributed by atoms with Gasteiger partial charge in [-0.2, -0.15) is 0 Å². The molecular formula is C22H35IN6S. The van der Waals surface area contributed by atoms with Crippen LogP contribution in [0.1, 0.15) is 33.6 Å². The van der Waals surface area contributed by atoms with Gasteiger partial charge in [0.15, 0.2) is 5.96 Å². The second-order valence-corrected chi connectivity index (χ2v) is 8.84. The Bertz CT molecular complexity index is 796. The van der Waals surface area contributed by atoms with E-state index >= 15 is 0 Å². The molecule has 8 heteroatoms. The Morgan fingerprint density at radius 3 is 2.17 bits per heavy atom. The van der Waals surface area contributed by atoms with Crippen LogP contribution in [0.5, 0.6) is 0 Å². The van der Waals surface area contributed by atoms with Crippen molar-refractivity contribution in [2.24, 2.45) is 4.99 Å². The van der Waals surface area contributed by atoms with Crippen LogP contribution >= 0.6 is 35.3 Å². The van der Waals surface area contributed by atoms with E-state index in [1.807, 2.05) is 14.0 Å². The topological polar surface area (TPSA) is 55.8 Å². The van der Waals surface area contributed by atoms with Crippen molar-refractivity contribution in [3.05, 3.63) is 51.0 Å². The molecule has 0 aliphatic carbocycles. The summed E-state index contributed by atoms with van der Waals surface area (Å²) in [7, 11) is 1.81. The molecule has 0 unspecified atom stereocenters. The highest BCUT2D eigenvalue weighted by atomic mass is 127. The van der Waals surface area contributed by atoms with E-state index in [2.05, 4.69) is 68.5 Å². The summed E-state index contributed by atoms with van der Waals surface area (Å²) >= 11 is 1.74. The highest BCUT2D eigenvalue weighted by Crippen LogP contribution is 2.16. The number of piperazine rings is 1. The van der Waals surface area contributed by atoms with Crippen LogP contribution in [0.25, 0.3) is 0 Å². The molecule has 1 aliphatic heterocycles. The number of nitrogens with zero attached hydrogens (tertiary/aromatic N) is 4. The summed E-state index contributed by atoms with van der Waals surface area (Å²) in [6.07, 6.45) is 0. The third-order valence-electron chi connectivity index (χ3n) is 5.44. The molecule has 6 nitrogen and oxygen atoms in total. The maximum atomic E-state index is 4.48. The molecular weight excluding hydrogens is 507 g/mol. The molecule has 1 saturated heterocycles. The number of hydrogen-bond acceptors (Lipinski definition) is 5. The van der Waals surface area contributed by atoms with E-state index in [9.17, 15) is 0 Å². The van der Waals surface area contributed by atoms with Crippen LogP contribution in [-0.2, 0) is 19.6 Å². The molecule has 0 amide bonds. The molecule has 166 valence electrons. The third-order valence-corrected chi connectivity index (χ3v) is 6.51. The first-order valence-electron chi connectivity index (χ1n) is 10.5. The average molecular weight is 543 g/mol. The van der Waals surface area contributed by atoms with Crippen LogP contribution in [0.4, 0.5) is 0 Å². The maximum absolute atomic E-state index is 4.48. The van der Waals surface area contributed by atoms with Crippen molar-refractivity contribution in [1.29, 1.82) is 0 Å². The van der Waals surface area contributed by atoms with Crippen molar-refractivity contribution in [2.45, 2.75) is 40.4 Å². The number of aliphatic imine (C=N–C) groups is 1. The van der Waals surface area contributed by atoms with Gasteiger partial charge in [-0.15, -0.1) is 35.3 Å². The van der Waals surface area contributed by atoms with E-state index in [-0.39, 0.29) is 24.0 Å². The number of rotatable bonds is 7. The van der Waals surface area contributed by atoms with Crippen LogP contribution in [0.2, 0.25) is 0 Å². The standard InChI is InChI=1S/C22H34N6S.HI/c1-5-27-10-12-28(13-11-27)16-20-8-6-19(7-9-20)14-24-22(23-4)25-15-21-17(2)26-18(3)29-21;/h6-9H,5,10-16H2,1-4H3,(H2,23,24,25);1H. The van der Waals surface area contributed by atoms with Gasteiger partial charge in [0.05, 0.1) is 17.2 Å². The van der Waals surface area contributed by atoms with E-state index in [0.717, 1.165) is 55.9 Å². The Balaban J connectivity index is 0.00000320. The third kappa shape index (κ3) is 7.47. The number of likely N-dealkylation sites (N-methyl/N-ethyl adjacent to an activating group) is 1. The predicted octanol–water partition coefficient (Wildman–Crippen LogP) is 3.38. The Labute approximate surface area is 202 Å². The van der Waals surface area contributed by atoms with E-state index in [4.69, 9.17) is 0 Å². The van der Waals surface area contributed by atoms with Gasteiger partial charge < -0.3 is 15.5 Å². The molecule has 0 atom stereocenters. The lowest BCUT2D eigenvalue weighted by Gasteiger charge is -2.34. The minimum atomic E-state index is 0. The zero-order valence-corrected chi connectivity index (χ0v) is 21.7. The number of hydrogen-bond donors (Lipinski definition) is 2. The maximum Gasteiger partial charge on any atom is 0.191 e. The molecule has 2 aromatic rings. The summed E-state index contributed by atoms with van der Waals surface area (Å²) in [6.45, 7) is 14.8. The highest BCUT2D eigenvalue weighted by Gasteiger charge is 2.15. The van der Waals surface area contributed by atoms with Gasteiger partial charge in [-0.1, -0.05) is 31.2 Å². The van der Waals surface area contributed by atoms with Crippen LogP contribution in [0.3, 0.4) is 0 Å². The number of guanidine groups is 1. The smallest absolute Gasteiger partial charge is 0.191 e. The number of halogens is 1. The molecule has 0 radical (unpaired) electrons. The number of benzene rings is 1. The minimum Gasteiger partial charge on any atom is -0.352 e. The summed E-state index contributed by atoms with van der Waals surface area (Å²) in [6, 6.07) is 8.94. The van der Waals surface area contributed by atoms with Crippen LogP contribution in [-0.4, -0.2) is 60.5 Å². The fourth-order valence-corrected chi connectivity index (χ4v) is 4.47. The highest BCUT2D eigenvalue weighted by molar-refractivity contribution is 14.0. The van der Waals surface area contributed by atoms with Crippen molar-refractivity contribution < 1.29 is 0 Å². The van der Waals surface area contributed by atoms with E-state index in [1.165, 1.54) is 29.1 Å². The molecule has 2 heterocycles. The average Bonchev–Trinajstić information content (AvgIpc) is 3.07. The van der Waals surface area contributed by atoms with Crippen molar-refractivity contribution in [1.82, 2.24) is 25.4 Å². The second-order valence-electron chi connectivity index (χ2n) is 7.55. The zero-order chi connectivity index (χ0) is 20.6. The van der Waals surface area contributed by atoms with E-state index in [0.29, 0.717) is 0 Å². The lowest BCUT2D eigenvalue weighted by molar-refractivity contribution is 0.132. The first-order valence-corrected chi connectivity index (χ1v) is 11.3. The Hall–Kier alpha value is -1.23. The van der Waals surface area contributed by atoms with Crippen molar-refractivity contribution in [2.75, 3.05) is 39.8 Å². The largest absolute Gasteiger partial charge is 0.352 e. The summed E-state index contributed by atoms with van der Waals surface area (Å²) in [4.78, 5) is 15.1. The van der Waals surface area contributed by atoms with Crippen molar-refractivity contribution >= 4 is 41.3 Å².